The average molecular weight is 266 g/mol. The van der Waals surface area contributed by atoms with Crippen molar-refractivity contribution in [3.8, 4) is 0 Å². The summed E-state index contributed by atoms with van der Waals surface area (Å²) in [5, 5.41) is 3.09. The Bertz CT molecular complexity index is 273. The highest BCUT2D eigenvalue weighted by atomic mass is 19.4. The molecule has 1 amide bonds. The van der Waals surface area contributed by atoms with Gasteiger partial charge in [-0.15, -0.1) is 0 Å². The minimum atomic E-state index is -4.32. The van der Waals surface area contributed by atoms with Crippen molar-refractivity contribution in [3.05, 3.63) is 0 Å². The molecule has 3 nitrogen and oxygen atoms in total. The number of rotatable bonds is 4. The monoisotopic (exact) mass is 266 g/mol. The Morgan fingerprint density at radius 2 is 1.89 bits per heavy atom. The Kier molecular flexibility index (Phi) is 5.44. The van der Waals surface area contributed by atoms with E-state index in [0.29, 0.717) is 25.9 Å². The van der Waals surface area contributed by atoms with E-state index in [-0.39, 0.29) is 24.3 Å². The summed E-state index contributed by atoms with van der Waals surface area (Å²) < 4.78 is 37.6. The number of nitrogens with one attached hydrogen (secondary N) is 1. The highest BCUT2D eigenvalue weighted by Crippen LogP contribution is 2.22. The smallest absolute Gasteiger partial charge is 0.331 e. The van der Waals surface area contributed by atoms with Crippen molar-refractivity contribution in [1.29, 1.82) is 0 Å². The lowest BCUT2D eigenvalue weighted by Crippen LogP contribution is -2.49. The van der Waals surface area contributed by atoms with Crippen molar-refractivity contribution >= 4 is 5.91 Å². The van der Waals surface area contributed by atoms with Gasteiger partial charge in [0.1, 0.15) is 6.54 Å². The van der Waals surface area contributed by atoms with Gasteiger partial charge >= 0.3 is 6.18 Å². The molecule has 0 saturated carbocycles. The Hall–Kier alpha value is -0.780. The second-order valence-electron chi connectivity index (χ2n) is 5.22. The van der Waals surface area contributed by atoms with Crippen molar-refractivity contribution in [2.45, 2.75) is 45.3 Å². The van der Waals surface area contributed by atoms with Crippen LogP contribution in [0.3, 0.4) is 0 Å². The van der Waals surface area contributed by atoms with Gasteiger partial charge in [-0.2, -0.15) is 13.2 Å². The van der Waals surface area contributed by atoms with Gasteiger partial charge in [0.2, 0.25) is 5.91 Å². The van der Waals surface area contributed by atoms with Gasteiger partial charge in [0, 0.05) is 12.5 Å². The number of hydrogen-bond acceptors (Lipinski definition) is 2. The zero-order valence-electron chi connectivity index (χ0n) is 10.9. The van der Waals surface area contributed by atoms with Crippen LogP contribution in [0.5, 0.6) is 0 Å². The van der Waals surface area contributed by atoms with Crippen LogP contribution in [0.15, 0.2) is 0 Å². The lowest BCUT2D eigenvalue weighted by atomic mass is 10.0. The Morgan fingerprint density at radius 3 is 2.33 bits per heavy atom. The van der Waals surface area contributed by atoms with Crippen molar-refractivity contribution < 1.29 is 18.0 Å². The molecule has 0 aromatic heterocycles. The molecule has 0 aromatic rings. The van der Waals surface area contributed by atoms with Crippen molar-refractivity contribution in [2.75, 3.05) is 19.6 Å². The molecule has 0 aliphatic carbocycles. The molecule has 0 aromatic carbocycles. The molecule has 0 bridgehead atoms. The van der Waals surface area contributed by atoms with E-state index in [2.05, 4.69) is 5.32 Å². The molecule has 1 N–H and O–H groups in total. The molecule has 0 spiro atoms. The van der Waals surface area contributed by atoms with Gasteiger partial charge in [-0.3, -0.25) is 4.79 Å². The van der Waals surface area contributed by atoms with Crippen molar-refractivity contribution in [2.24, 2.45) is 5.92 Å². The lowest BCUT2D eigenvalue weighted by Gasteiger charge is -2.35. The predicted octanol–water partition coefficient (Wildman–Crippen LogP) is 2.18. The first-order valence-electron chi connectivity index (χ1n) is 6.36. The lowest BCUT2D eigenvalue weighted by molar-refractivity contribution is -0.167. The number of piperidine rings is 1. The number of hydrogen-bond donors (Lipinski definition) is 1. The maximum absolute atomic E-state index is 12.5. The minimum absolute atomic E-state index is 0.0787. The molecule has 18 heavy (non-hydrogen) atoms. The highest BCUT2D eigenvalue weighted by molar-refractivity contribution is 5.76. The van der Waals surface area contributed by atoms with Gasteiger partial charge < -0.3 is 10.2 Å². The number of carbonyl (C=O) groups is 1. The van der Waals surface area contributed by atoms with E-state index in [1.54, 1.807) is 0 Å². The molecule has 1 rings (SSSR count). The van der Waals surface area contributed by atoms with Gasteiger partial charge in [0.15, 0.2) is 0 Å². The fraction of sp³-hybridized carbons (Fsp3) is 0.917. The van der Waals surface area contributed by atoms with Crippen LogP contribution in [0.4, 0.5) is 13.2 Å². The molecule has 0 atom stereocenters. The molecule has 0 radical (unpaired) electrons. The van der Waals surface area contributed by atoms with Gasteiger partial charge in [0.25, 0.3) is 0 Å². The van der Waals surface area contributed by atoms with Crippen LogP contribution in [-0.4, -0.2) is 42.7 Å². The average Bonchev–Trinajstić information content (AvgIpc) is 2.25. The summed E-state index contributed by atoms with van der Waals surface area (Å²) in [5.74, 6) is -0.302. The van der Waals surface area contributed by atoms with E-state index in [4.69, 9.17) is 0 Å². The molecule has 1 saturated heterocycles. The standard InChI is InChI=1S/C12H21F3N2O/c1-9(2)7-11(18)17(8-12(13,14)15)10-3-5-16-6-4-10/h9-10,16H,3-8H2,1-2H3. The predicted molar refractivity (Wildman–Crippen MR) is 63.1 cm³/mol. The summed E-state index contributed by atoms with van der Waals surface area (Å²) in [6.07, 6.45) is -2.95. The normalized spacial score (nSPS) is 18.1. The number of halogens is 3. The first-order valence-corrected chi connectivity index (χ1v) is 6.36. The van der Waals surface area contributed by atoms with E-state index in [1.807, 2.05) is 13.8 Å². The van der Waals surface area contributed by atoms with Crippen LogP contribution < -0.4 is 5.32 Å². The van der Waals surface area contributed by atoms with Crippen LogP contribution in [0.1, 0.15) is 33.1 Å². The SMILES string of the molecule is CC(C)CC(=O)N(CC(F)(F)F)C1CCNCC1. The second-order valence-corrected chi connectivity index (χ2v) is 5.22. The van der Waals surface area contributed by atoms with E-state index < -0.39 is 12.7 Å². The van der Waals surface area contributed by atoms with Gasteiger partial charge in [-0.25, -0.2) is 0 Å². The van der Waals surface area contributed by atoms with E-state index in [1.165, 1.54) is 0 Å². The number of amides is 1. The molecule has 1 aliphatic rings. The van der Waals surface area contributed by atoms with Gasteiger partial charge in [-0.1, -0.05) is 13.8 Å². The van der Waals surface area contributed by atoms with E-state index >= 15 is 0 Å². The third kappa shape index (κ3) is 5.25. The summed E-state index contributed by atoms with van der Waals surface area (Å²) in [6, 6.07) is -0.279. The zero-order chi connectivity index (χ0) is 13.8. The molecule has 0 unspecified atom stereocenters. The molecular formula is C12H21F3N2O. The third-order valence-corrected chi connectivity index (χ3v) is 3.00. The fourth-order valence-electron chi connectivity index (χ4n) is 2.20. The molecule has 1 fully saturated rings. The quantitative estimate of drug-likeness (QED) is 0.846. The largest absolute Gasteiger partial charge is 0.406 e. The van der Waals surface area contributed by atoms with Crippen molar-refractivity contribution in [1.82, 2.24) is 10.2 Å². The summed E-state index contributed by atoms with van der Waals surface area (Å²) >= 11 is 0. The maximum Gasteiger partial charge on any atom is 0.406 e. The summed E-state index contributed by atoms with van der Waals surface area (Å²) in [7, 11) is 0. The van der Waals surface area contributed by atoms with E-state index in [9.17, 15) is 18.0 Å². The molecule has 1 aliphatic heterocycles. The number of nitrogens with zero attached hydrogens (tertiary/aromatic N) is 1. The van der Waals surface area contributed by atoms with Crippen LogP contribution in [-0.2, 0) is 4.79 Å². The highest BCUT2D eigenvalue weighted by Gasteiger charge is 2.36. The minimum Gasteiger partial charge on any atom is -0.331 e. The molecule has 6 heteroatoms. The Balaban J connectivity index is 2.70. The molecule has 106 valence electrons. The summed E-state index contributed by atoms with van der Waals surface area (Å²) in [5.41, 5.74) is 0. The summed E-state index contributed by atoms with van der Waals surface area (Å²) in [4.78, 5) is 13.0. The topological polar surface area (TPSA) is 32.3 Å². The van der Waals surface area contributed by atoms with Crippen molar-refractivity contribution in [3.63, 3.8) is 0 Å². The zero-order valence-corrected chi connectivity index (χ0v) is 10.9. The van der Waals surface area contributed by atoms with Crippen LogP contribution in [0.25, 0.3) is 0 Å². The first-order chi connectivity index (χ1) is 8.29. The molecular weight excluding hydrogens is 245 g/mol. The second kappa shape index (κ2) is 6.41. The number of alkyl halides is 3. The van der Waals surface area contributed by atoms with E-state index in [0.717, 1.165) is 4.90 Å². The molecule has 1 heterocycles. The summed E-state index contributed by atoms with van der Waals surface area (Å²) in [6.45, 7) is 3.91. The third-order valence-electron chi connectivity index (χ3n) is 3.00. The van der Waals surface area contributed by atoms with Gasteiger partial charge in [-0.05, 0) is 31.8 Å². The maximum atomic E-state index is 12.5. The van der Waals surface area contributed by atoms with Crippen LogP contribution in [0.2, 0.25) is 0 Å². The Labute approximate surface area is 106 Å². The fourth-order valence-corrected chi connectivity index (χ4v) is 2.20. The Morgan fingerprint density at radius 1 is 1.33 bits per heavy atom. The number of carbonyl (C=O) groups excluding carboxylic acids is 1. The van der Waals surface area contributed by atoms with Gasteiger partial charge in [0.05, 0.1) is 0 Å². The first kappa shape index (κ1) is 15.3. The van der Waals surface area contributed by atoms with Crippen LogP contribution >= 0.6 is 0 Å². The van der Waals surface area contributed by atoms with Crippen LogP contribution in [0, 0.1) is 5.92 Å².